The van der Waals surface area contributed by atoms with Gasteiger partial charge in [-0.3, -0.25) is 19.7 Å². The number of nitrogens with one attached hydrogen (secondary N) is 1. The van der Waals surface area contributed by atoms with E-state index in [2.05, 4.69) is 42.8 Å². The van der Waals surface area contributed by atoms with Gasteiger partial charge in [-0.2, -0.15) is 4.68 Å². The zero-order valence-corrected chi connectivity index (χ0v) is 47.8. The fourth-order valence-electron chi connectivity index (χ4n) is 6.20. The minimum absolute atomic E-state index is 0.0223. The van der Waals surface area contributed by atoms with Gasteiger partial charge in [0.1, 0.15) is 43.4 Å². The second-order valence-corrected chi connectivity index (χ2v) is 23.6. The number of benzene rings is 2. The molecule has 2 aromatic carbocycles. The third-order valence-electron chi connectivity index (χ3n) is 9.23. The van der Waals surface area contributed by atoms with Crippen LogP contribution in [0.5, 0.6) is 5.75 Å². The fraction of sp³-hybridized carbons (Fsp3) is 0.511. The number of carbonyl (C=O) groups excluding carboxylic acids is 2. The third kappa shape index (κ3) is 22.4. The number of carboxylic acid groups (broad SMARTS) is 1. The van der Waals surface area contributed by atoms with Gasteiger partial charge in [-0.25, -0.2) is 4.79 Å². The molecule has 1 saturated heterocycles. The molecule has 3 unspecified atom stereocenters. The van der Waals surface area contributed by atoms with E-state index in [0.717, 1.165) is 27.9 Å². The van der Waals surface area contributed by atoms with E-state index in [4.69, 9.17) is 97.5 Å². The number of methoxy groups -OCH3 is 1. The summed E-state index contributed by atoms with van der Waals surface area (Å²) in [7, 11) is -2.07. The zero-order valence-electron chi connectivity index (χ0n) is 42.3. The number of furan rings is 1. The lowest BCUT2D eigenvalue weighted by Crippen LogP contribution is -2.45. The number of hydrogen-bond donors (Lipinski definition) is 3. The first-order valence-electron chi connectivity index (χ1n) is 21.7. The van der Waals surface area contributed by atoms with Crippen LogP contribution in [0, 0.1) is 19.3 Å². The van der Waals surface area contributed by atoms with Crippen LogP contribution in [0.15, 0.2) is 62.4 Å². The number of anilines is 1. The lowest BCUT2D eigenvalue weighted by Gasteiger charge is -2.31. The van der Waals surface area contributed by atoms with Crippen LogP contribution in [0.2, 0.25) is 10.0 Å². The largest absolute Gasteiger partial charge is 0.778 e. The maximum absolute atomic E-state index is 12.2. The SMILES string of the molecule is C#CCOc1cc(-n2nc(C(C)(C)C)oc2=O)c(Cl)cc1Cl.CC1(C)OC(c2ccco2)CN1C(=O)C(Cl)Cl.CCc1cccc(C)c1N(C(=O)CCl)C(C)COC.C[S+](C)C.O=C(O)CNCP(=O)([O-])O. The van der Waals surface area contributed by atoms with Crippen molar-refractivity contribution in [2.75, 3.05) is 69.2 Å². The van der Waals surface area contributed by atoms with Gasteiger partial charge in [0.05, 0.1) is 78.5 Å². The number of nitrogens with zero attached hydrogens (tertiary/aromatic N) is 4. The molecule has 0 radical (unpaired) electrons. The van der Waals surface area contributed by atoms with Crippen molar-refractivity contribution >= 4 is 100.0 Å². The van der Waals surface area contributed by atoms with Crippen molar-refractivity contribution in [1.29, 1.82) is 0 Å². The molecule has 25 heteroatoms. The molecule has 402 valence electrons. The molecule has 0 saturated carbocycles. The molecule has 3 atom stereocenters. The van der Waals surface area contributed by atoms with Gasteiger partial charge in [0.2, 0.25) is 11.8 Å². The van der Waals surface area contributed by atoms with Crippen LogP contribution in [-0.4, -0.2) is 123 Å². The van der Waals surface area contributed by atoms with Crippen molar-refractivity contribution in [2.24, 2.45) is 0 Å². The topological polar surface area (TPSA) is 239 Å². The molecule has 1 aliphatic heterocycles. The Morgan fingerprint density at radius 2 is 1.76 bits per heavy atom. The molecule has 2 aromatic heterocycles. The average molecular weight is 1150 g/mol. The molecule has 72 heavy (non-hydrogen) atoms. The molecule has 0 bridgehead atoms. The predicted octanol–water partition coefficient (Wildman–Crippen LogP) is 7.98. The first kappa shape index (κ1) is 66.3. The normalized spacial score (nSPS) is 14.9. The fourth-order valence-corrected chi connectivity index (χ4v) is 7.48. The second-order valence-electron chi connectivity index (χ2n) is 17.4. The van der Waals surface area contributed by atoms with Crippen LogP contribution in [0.4, 0.5) is 5.69 Å². The smallest absolute Gasteiger partial charge is 0.442 e. The Labute approximate surface area is 449 Å². The standard InChI is InChI=1S/C15H14Cl2N2O3.C15H22ClNO2.C11H13Cl2NO3.C3H8NO5P.C3H9S/c1-5-6-21-12-8-11(9(16)7-10(12)17)19-14(20)22-13(18-19)15(2,3)4;1-5-13-8-6-7-11(2)15(13)17(14(18)9-16)12(3)10-19-4;1-11(2)14(10(15)9(12)13)6-8(17-11)7-4-3-5-16-7;5-3(6)1-4-2-10(7,8)9;1-4(2)3/h1,7-8H,6H2,2-4H3;6-8,12H,5,9-10H2,1-4H3;3-5,8-9H,6H2,1-2H3;4H,1-2H2,(H,5,6)(H2,7,8,9);1-3H3/q;;;;+1/p-1. The molecular weight excluding hydrogens is 1080 g/mol. The number of carbonyl (C=O) groups is 3. The van der Waals surface area contributed by atoms with Crippen LogP contribution < -0.4 is 25.6 Å². The van der Waals surface area contributed by atoms with Gasteiger partial charge in [-0.1, -0.05) is 98.2 Å². The quantitative estimate of drug-likeness (QED) is 0.0443. The molecule has 1 fully saturated rings. The highest BCUT2D eigenvalue weighted by Gasteiger charge is 2.45. The van der Waals surface area contributed by atoms with Crippen LogP contribution in [0.3, 0.4) is 0 Å². The van der Waals surface area contributed by atoms with Crippen LogP contribution in [-0.2, 0) is 51.2 Å². The lowest BCUT2D eigenvalue weighted by molar-refractivity contribution is -0.193. The summed E-state index contributed by atoms with van der Waals surface area (Å²) in [5, 5.41) is 14.7. The number of alkyl halides is 3. The van der Waals surface area contributed by atoms with Crippen molar-refractivity contribution in [3.8, 4) is 23.8 Å². The molecule has 5 rings (SSSR count). The summed E-state index contributed by atoms with van der Waals surface area (Å²) in [6.45, 7) is 15.7. The van der Waals surface area contributed by atoms with Crippen molar-refractivity contribution in [2.45, 2.75) is 89.9 Å². The second kappa shape index (κ2) is 31.2. The van der Waals surface area contributed by atoms with Crippen molar-refractivity contribution in [3.05, 3.63) is 92.1 Å². The highest BCUT2D eigenvalue weighted by molar-refractivity contribution is 7.94. The highest BCUT2D eigenvalue weighted by atomic mass is 35.5. The summed E-state index contributed by atoms with van der Waals surface area (Å²) in [5.41, 5.74) is 2.37. The van der Waals surface area contributed by atoms with E-state index < -0.39 is 48.1 Å². The number of hydrogen-bond acceptors (Lipinski definition) is 13. The Morgan fingerprint density at radius 3 is 2.24 bits per heavy atom. The minimum atomic E-state index is -4.35. The zero-order chi connectivity index (χ0) is 55.3. The van der Waals surface area contributed by atoms with Crippen LogP contribution in [0.25, 0.3) is 5.69 Å². The molecule has 0 spiro atoms. The molecule has 2 amide bonds. The van der Waals surface area contributed by atoms with Gasteiger partial charge in [0.15, 0.2) is 4.84 Å². The Bertz CT molecular complexity index is 2490. The van der Waals surface area contributed by atoms with Crippen molar-refractivity contribution < 1.29 is 56.9 Å². The number of para-hydroxylation sites is 1. The number of aromatic nitrogens is 2. The van der Waals surface area contributed by atoms with Crippen LogP contribution in [0.1, 0.15) is 77.3 Å². The van der Waals surface area contributed by atoms with Gasteiger partial charge in [-0.15, -0.1) is 23.1 Å². The van der Waals surface area contributed by atoms with Gasteiger partial charge in [-0.05, 0) is 74.3 Å². The molecule has 0 aliphatic carbocycles. The Balaban J connectivity index is 0.000000481. The number of aryl methyl sites for hydroxylation is 2. The number of rotatable bonds is 15. The highest BCUT2D eigenvalue weighted by Crippen LogP contribution is 2.37. The number of amides is 2. The first-order valence-corrected chi connectivity index (χ1v) is 28.1. The monoisotopic (exact) mass is 1150 g/mol. The Morgan fingerprint density at radius 1 is 1.14 bits per heavy atom. The lowest BCUT2D eigenvalue weighted by atomic mass is 9.97. The summed E-state index contributed by atoms with van der Waals surface area (Å²) in [6.07, 6.45) is 13.2. The van der Waals surface area contributed by atoms with E-state index in [1.165, 1.54) is 17.0 Å². The van der Waals surface area contributed by atoms with E-state index in [0.29, 0.717) is 47.1 Å². The van der Waals surface area contributed by atoms with Gasteiger partial charge in [0.25, 0.3) is 5.91 Å². The summed E-state index contributed by atoms with van der Waals surface area (Å²) >= 11 is 29.1. The maximum atomic E-state index is 12.2. The van der Waals surface area contributed by atoms with E-state index in [1.54, 1.807) is 38.2 Å². The third-order valence-corrected chi connectivity index (χ3v) is 11.1. The molecule has 3 N–H and O–H groups in total. The van der Waals surface area contributed by atoms with E-state index in [9.17, 15) is 28.6 Å². The van der Waals surface area contributed by atoms with Crippen molar-refractivity contribution in [1.82, 2.24) is 20.0 Å². The van der Waals surface area contributed by atoms with E-state index in [1.807, 2.05) is 58.1 Å². The number of carboxylic acids is 1. The van der Waals surface area contributed by atoms with E-state index >= 15 is 0 Å². The van der Waals surface area contributed by atoms with Gasteiger partial charge >= 0.3 is 11.7 Å². The predicted molar refractivity (Wildman–Crippen MR) is 285 cm³/mol. The van der Waals surface area contributed by atoms with Crippen LogP contribution >= 0.6 is 65.6 Å². The summed E-state index contributed by atoms with van der Waals surface area (Å²) < 4.78 is 37.7. The average Bonchev–Trinajstić information content (AvgIpc) is 4.03. The molecular formula is C47H65Cl5N5O13PS. The summed E-state index contributed by atoms with van der Waals surface area (Å²) in [4.78, 5) is 66.0. The van der Waals surface area contributed by atoms with Gasteiger partial charge in [0, 0.05) is 18.6 Å². The Hall–Kier alpha value is -3.74. The number of halogens is 5. The van der Waals surface area contributed by atoms with Crippen molar-refractivity contribution in [3.63, 3.8) is 0 Å². The maximum Gasteiger partial charge on any atom is 0.442 e. The van der Waals surface area contributed by atoms with E-state index in [-0.39, 0.29) is 46.5 Å². The molecule has 4 aromatic rings. The first-order chi connectivity index (χ1) is 33.4. The molecule has 18 nitrogen and oxygen atoms in total. The Kier molecular flexibility index (Phi) is 28.7. The summed E-state index contributed by atoms with van der Waals surface area (Å²) in [6, 6.07) is 12.6. The number of ether oxygens (including phenoxy) is 3. The van der Waals surface area contributed by atoms with Gasteiger partial charge < -0.3 is 52.3 Å². The summed E-state index contributed by atoms with van der Waals surface area (Å²) in [5.74, 6) is 1.36. The molecule has 1 aliphatic rings. The number of terminal acetylenes is 1. The number of aliphatic carboxylic acids is 1. The molecule has 3 heterocycles. The minimum Gasteiger partial charge on any atom is -0.778 e.